The number of hydrogen-bond acceptors (Lipinski definition) is 4. The van der Waals surface area contributed by atoms with Gasteiger partial charge in [-0.05, 0) is 42.7 Å². The number of rotatable bonds is 5. The fourth-order valence-electron chi connectivity index (χ4n) is 2.78. The quantitative estimate of drug-likeness (QED) is 0.419. The van der Waals surface area contributed by atoms with Gasteiger partial charge >= 0.3 is 0 Å². The van der Waals surface area contributed by atoms with Gasteiger partial charge in [0, 0.05) is 17.0 Å². The van der Waals surface area contributed by atoms with E-state index >= 15 is 0 Å². The van der Waals surface area contributed by atoms with Crippen LogP contribution in [0.3, 0.4) is 0 Å². The lowest BCUT2D eigenvalue weighted by molar-refractivity contribution is 0.600. The number of alkyl halides is 1. The molecule has 140 valence electrons. The summed E-state index contributed by atoms with van der Waals surface area (Å²) < 4.78 is 27.9. The lowest BCUT2D eigenvalue weighted by atomic mass is 10.00. The van der Waals surface area contributed by atoms with E-state index in [0.717, 1.165) is 22.3 Å². The fraction of sp³-hybridized carbons (Fsp3) is 0.158. The maximum absolute atomic E-state index is 12.7. The molecule has 0 saturated heterocycles. The molecule has 2 aromatic carbocycles. The molecular formula is C19H17BrClN3O2S. The van der Waals surface area contributed by atoms with Gasteiger partial charge in [-0.25, -0.2) is 23.1 Å². The van der Waals surface area contributed by atoms with Crippen LogP contribution in [0.5, 0.6) is 0 Å². The summed E-state index contributed by atoms with van der Waals surface area (Å²) in [6, 6.07) is 14.1. The molecule has 1 N–H and O–H groups in total. The SMILES string of the molecule is Cc1cccc(C)c1-c1cc(Cl)nc(NS(=O)(=O)c2cccc(CBr)c2)n1. The highest BCUT2D eigenvalue weighted by molar-refractivity contribution is 9.08. The highest BCUT2D eigenvalue weighted by atomic mass is 79.9. The average molecular weight is 467 g/mol. The molecular weight excluding hydrogens is 450 g/mol. The van der Waals surface area contributed by atoms with Crippen molar-refractivity contribution in [1.29, 1.82) is 0 Å². The molecule has 0 aliphatic heterocycles. The fourth-order valence-corrected chi connectivity index (χ4v) is 4.33. The molecule has 1 aromatic heterocycles. The maximum Gasteiger partial charge on any atom is 0.264 e. The van der Waals surface area contributed by atoms with Gasteiger partial charge in [0.25, 0.3) is 10.0 Å². The minimum Gasteiger partial charge on any atom is -0.247 e. The summed E-state index contributed by atoms with van der Waals surface area (Å²) in [4.78, 5) is 8.55. The zero-order chi connectivity index (χ0) is 19.6. The summed E-state index contributed by atoms with van der Waals surface area (Å²) >= 11 is 9.46. The van der Waals surface area contributed by atoms with Crippen LogP contribution in [0.15, 0.2) is 53.4 Å². The largest absolute Gasteiger partial charge is 0.264 e. The predicted octanol–water partition coefficient (Wildman–Crippen LogP) is 5.11. The van der Waals surface area contributed by atoms with Crippen molar-refractivity contribution in [2.45, 2.75) is 24.1 Å². The van der Waals surface area contributed by atoms with Crippen LogP contribution in [-0.2, 0) is 15.4 Å². The average Bonchev–Trinajstić information content (AvgIpc) is 2.61. The van der Waals surface area contributed by atoms with Gasteiger partial charge in [-0.3, -0.25) is 0 Å². The Morgan fingerprint density at radius 1 is 1.04 bits per heavy atom. The first-order chi connectivity index (χ1) is 12.8. The first kappa shape index (κ1) is 19.8. The molecule has 0 fully saturated rings. The second-order valence-electron chi connectivity index (χ2n) is 6.05. The molecule has 0 unspecified atom stereocenters. The van der Waals surface area contributed by atoms with Crippen LogP contribution in [-0.4, -0.2) is 18.4 Å². The monoisotopic (exact) mass is 465 g/mol. The molecule has 0 amide bonds. The highest BCUT2D eigenvalue weighted by Gasteiger charge is 2.18. The number of nitrogens with zero attached hydrogens (tertiary/aromatic N) is 2. The molecule has 1 heterocycles. The van der Waals surface area contributed by atoms with Crippen LogP contribution < -0.4 is 4.72 Å². The molecule has 0 aliphatic carbocycles. The first-order valence-corrected chi connectivity index (χ1v) is 11.1. The number of aromatic nitrogens is 2. The zero-order valence-corrected chi connectivity index (χ0v) is 17.9. The topological polar surface area (TPSA) is 72.0 Å². The second kappa shape index (κ2) is 7.96. The van der Waals surface area contributed by atoms with Crippen LogP contribution in [0.4, 0.5) is 5.95 Å². The van der Waals surface area contributed by atoms with E-state index in [2.05, 4.69) is 30.6 Å². The summed E-state index contributed by atoms with van der Waals surface area (Å²) in [7, 11) is -3.84. The van der Waals surface area contributed by atoms with E-state index in [1.165, 1.54) is 6.07 Å². The summed E-state index contributed by atoms with van der Waals surface area (Å²) in [5.41, 5.74) is 4.36. The van der Waals surface area contributed by atoms with Crippen molar-refractivity contribution >= 4 is 43.5 Å². The molecule has 0 atom stereocenters. The minimum atomic E-state index is -3.84. The van der Waals surface area contributed by atoms with Gasteiger partial charge in [0.05, 0.1) is 10.6 Å². The number of anilines is 1. The molecule has 0 bridgehead atoms. The molecule has 0 aliphatic rings. The van der Waals surface area contributed by atoms with Crippen LogP contribution in [0.25, 0.3) is 11.3 Å². The first-order valence-electron chi connectivity index (χ1n) is 8.09. The third-order valence-electron chi connectivity index (χ3n) is 4.02. The van der Waals surface area contributed by atoms with Crippen molar-refractivity contribution in [3.63, 3.8) is 0 Å². The standard InChI is InChI=1S/C19H17BrClN3O2S/c1-12-5-3-6-13(2)18(12)16-10-17(21)23-19(22-16)24-27(25,26)15-8-4-7-14(9-15)11-20/h3-10H,11H2,1-2H3,(H,22,23,24). The van der Waals surface area contributed by atoms with E-state index in [9.17, 15) is 8.42 Å². The van der Waals surface area contributed by atoms with Gasteiger partial charge in [-0.2, -0.15) is 0 Å². The van der Waals surface area contributed by atoms with Crippen LogP contribution in [0.2, 0.25) is 5.15 Å². The molecule has 0 radical (unpaired) electrons. The van der Waals surface area contributed by atoms with Gasteiger partial charge in [-0.1, -0.05) is 57.9 Å². The summed E-state index contributed by atoms with van der Waals surface area (Å²) in [5.74, 6) is -0.0654. The van der Waals surface area contributed by atoms with Crippen molar-refractivity contribution in [3.05, 3.63) is 70.4 Å². The molecule has 27 heavy (non-hydrogen) atoms. The lowest BCUT2D eigenvalue weighted by Crippen LogP contribution is -2.15. The van der Waals surface area contributed by atoms with Gasteiger partial charge in [0.2, 0.25) is 5.95 Å². The number of hydrogen-bond donors (Lipinski definition) is 1. The normalized spacial score (nSPS) is 11.4. The number of nitrogens with one attached hydrogen (secondary N) is 1. The Morgan fingerprint density at radius 2 is 1.70 bits per heavy atom. The van der Waals surface area contributed by atoms with E-state index in [-0.39, 0.29) is 16.0 Å². The summed E-state index contributed by atoms with van der Waals surface area (Å²) in [6.07, 6.45) is 0. The highest BCUT2D eigenvalue weighted by Crippen LogP contribution is 2.28. The summed E-state index contributed by atoms with van der Waals surface area (Å²) in [6.45, 7) is 3.93. The van der Waals surface area contributed by atoms with Crippen molar-refractivity contribution < 1.29 is 8.42 Å². The van der Waals surface area contributed by atoms with Gasteiger partial charge in [0.1, 0.15) is 5.15 Å². The Bertz CT molecular complexity index is 1080. The van der Waals surface area contributed by atoms with E-state index in [4.69, 9.17) is 11.6 Å². The molecule has 5 nitrogen and oxygen atoms in total. The third kappa shape index (κ3) is 4.48. The Kier molecular flexibility index (Phi) is 5.83. The number of halogens is 2. The van der Waals surface area contributed by atoms with Crippen LogP contribution in [0, 0.1) is 13.8 Å². The van der Waals surface area contributed by atoms with Gasteiger partial charge < -0.3 is 0 Å². The smallest absolute Gasteiger partial charge is 0.247 e. The van der Waals surface area contributed by atoms with Gasteiger partial charge in [-0.15, -0.1) is 0 Å². The van der Waals surface area contributed by atoms with E-state index in [1.807, 2.05) is 38.1 Å². The zero-order valence-electron chi connectivity index (χ0n) is 14.7. The van der Waals surface area contributed by atoms with Crippen molar-refractivity contribution in [2.24, 2.45) is 0 Å². The van der Waals surface area contributed by atoms with E-state index in [1.54, 1.807) is 18.2 Å². The molecule has 0 spiro atoms. The Hall–Kier alpha value is -1.96. The van der Waals surface area contributed by atoms with Crippen molar-refractivity contribution in [3.8, 4) is 11.3 Å². The second-order valence-corrected chi connectivity index (χ2v) is 8.68. The van der Waals surface area contributed by atoms with Crippen LogP contribution >= 0.6 is 27.5 Å². The molecule has 8 heteroatoms. The third-order valence-corrected chi connectivity index (χ3v) is 6.19. The number of sulfonamides is 1. The Morgan fingerprint density at radius 3 is 2.37 bits per heavy atom. The Labute approximate surface area is 172 Å². The van der Waals surface area contributed by atoms with Crippen molar-refractivity contribution in [2.75, 3.05) is 4.72 Å². The van der Waals surface area contributed by atoms with Crippen molar-refractivity contribution in [1.82, 2.24) is 9.97 Å². The van der Waals surface area contributed by atoms with E-state index in [0.29, 0.717) is 11.0 Å². The molecule has 0 saturated carbocycles. The minimum absolute atomic E-state index is 0.0654. The molecule has 3 rings (SSSR count). The van der Waals surface area contributed by atoms with E-state index < -0.39 is 10.0 Å². The Balaban J connectivity index is 2.02. The molecule has 3 aromatic rings. The lowest BCUT2D eigenvalue weighted by Gasteiger charge is -2.12. The predicted molar refractivity (Wildman–Crippen MR) is 112 cm³/mol. The maximum atomic E-state index is 12.7. The van der Waals surface area contributed by atoms with Gasteiger partial charge in [0.15, 0.2) is 0 Å². The van der Waals surface area contributed by atoms with Crippen LogP contribution in [0.1, 0.15) is 16.7 Å². The number of aryl methyl sites for hydroxylation is 2. The number of benzene rings is 2. The summed E-state index contributed by atoms with van der Waals surface area (Å²) in [5, 5.41) is 0.718.